The predicted molar refractivity (Wildman–Crippen MR) is 117 cm³/mol. The number of hydrogen-bond donors (Lipinski definition) is 3. The van der Waals surface area contributed by atoms with Gasteiger partial charge in [-0.05, 0) is 11.8 Å². The first-order chi connectivity index (χ1) is 11.7. The number of carbonyl (C=O) groups is 1. The second-order valence-corrected chi connectivity index (χ2v) is 8.08. The van der Waals surface area contributed by atoms with Gasteiger partial charge in [-0.25, -0.2) is 0 Å². The quantitative estimate of drug-likeness (QED) is 0.327. The molecule has 0 aliphatic carbocycles. The van der Waals surface area contributed by atoms with Crippen LogP contribution in [0, 0.1) is 5.41 Å². The second-order valence-electron chi connectivity index (χ2n) is 8.08. The summed E-state index contributed by atoms with van der Waals surface area (Å²) in [6, 6.07) is 0. The average Bonchev–Trinajstić information content (AvgIpc) is 2.53. The molecule has 0 aromatic heterocycles. The Hall–Kier alpha value is -0.690. The lowest BCUT2D eigenvalue weighted by molar-refractivity contribution is -0.332. The number of carboxylic acids is 1. The number of unbranched alkanes of at least 4 members (excludes halogenated alkanes) is 9. The smallest absolute Gasteiger partial charge is 0.109 e. The average molecular weight is 394 g/mol. The maximum Gasteiger partial charge on any atom is 0.109 e. The fourth-order valence-electron chi connectivity index (χ4n) is 2.76. The maximum absolute atomic E-state index is 10.7. The SMILES string of the molecule is CCCC(O)(C(=O)[O-])C(C)(C)C.CCCCCCCCCCCC[NH-].[NH4+].[NH4+]. The molecule has 0 aliphatic heterocycles. The fraction of sp³-hybridized carbons (Fsp3) is 0.952. The maximum atomic E-state index is 10.7. The second kappa shape index (κ2) is 20.1. The molecule has 27 heavy (non-hydrogen) atoms. The Kier molecular flexibility index (Phi) is 25.2. The minimum atomic E-state index is -1.71. The first-order valence-electron chi connectivity index (χ1n) is 10.3. The zero-order valence-electron chi connectivity index (χ0n) is 19.5. The summed E-state index contributed by atoms with van der Waals surface area (Å²) in [5.41, 5.74) is 4.61. The van der Waals surface area contributed by atoms with Gasteiger partial charge in [-0.2, -0.15) is 6.54 Å². The summed E-state index contributed by atoms with van der Waals surface area (Å²) in [5, 5.41) is 20.5. The van der Waals surface area contributed by atoms with Gasteiger partial charge in [-0.1, -0.05) is 105 Å². The van der Waals surface area contributed by atoms with Crippen molar-refractivity contribution >= 4 is 5.97 Å². The summed E-state index contributed by atoms with van der Waals surface area (Å²) in [6.45, 7) is 9.80. The van der Waals surface area contributed by atoms with E-state index in [-0.39, 0.29) is 18.7 Å². The third-order valence-corrected chi connectivity index (χ3v) is 4.72. The standard InChI is InChI=1S/C12H26N.C9H18O3.2H3N/c1-2-3-4-5-6-7-8-9-10-11-12-13;1-5-6-9(12,7(10)11)8(2,3)4;;/h13H,2-12H2,1H3;12H,5-6H2,1-4H3,(H,10,11);2*1H3/q-1;;;/p+1. The van der Waals surface area contributed by atoms with Crippen LogP contribution in [0.2, 0.25) is 0 Å². The zero-order valence-corrected chi connectivity index (χ0v) is 19.5. The van der Waals surface area contributed by atoms with Gasteiger partial charge in [0, 0.05) is 0 Å². The third kappa shape index (κ3) is 17.2. The van der Waals surface area contributed by atoms with E-state index in [1.165, 1.54) is 57.8 Å². The van der Waals surface area contributed by atoms with Crippen molar-refractivity contribution in [2.75, 3.05) is 6.54 Å². The van der Waals surface area contributed by atoms with E-state index in [4.69, 9.17) is 5.73 Å². The van der Waals surface area contributed by atoms with Gasteiger partial charge in [0.2, 0.25) is 0 Å². The van der Waals surface area contributed by atoms with Crippen molar-refractivity contribution < 1.29 is 15.0 Å². The number of quaternary nitrogens is 2. The molecule has 0 aliphatic rings. The Balaban J connectivity index is -0.000000183. The summed E-state index contributed by atoms with van der Waals surface area (Å²) >= 11 is 0. The Labute approximate surface area is 168 Å². The molecule has 0 fully saturated rings. The molecule has 1 atom stereocenters. The highest BCUT2D eigenvalue weighted by Crippen LogP contribution is 2.33. The lowest BCUT2D eigenvalue weighted by atomic mass is 9.74. The number of carboxylic acid groups (broad SMARTS) is 1. The highest BCUT2D eigenvalue weighted by molar-refractivity contribution is 5.76. The van der Waals surface area contributed by atoms with Gasteiger partial charge in [-0.15, -0.1) is 0 Å². The summed E-state index contributed by atoms with van der Waals surface area (Å²) in [5.74, 6) is -1.38. The van der Waals surface area contributed by atoms with Crippen molar-refractivity contribution in [2.45, 2.75) is 117 Å². The molecule has 0 saturated heterocycles. The van der Waals surface area contributed by atoms with E-state index in [1.807, 2.05) is 6.92 Å². The lowest BCUT2D eigenvalue weighted by Crippen LogP contribution is -2.56. The Morgan fingerprint density at radius 3 is 1.41 bits per heavy atom. The van der Waals surface area contributed by atoms with Gasteiger partial charge >= 0.3 is 0 Å². The number of aliphatic carboxylic acids is 1. The van der Waals surface area contributed by atoms with Gasteiger partial charge in [0.1, 0.15) is 5.60 Å². The summed E-state index contributed by atoms with van der Waals surface area (Å²) in [4.78, 5) is 10.7. The molecular formula is C21H51N3O3. The van der Waals surface area contributed by atoms with E-state index in [2.05, 4.69) is 6.92 Å². The predicted octanol–water partition coefficient (Wildman–Crippen LogP) is 6.03. The van der Waals surface area contributed by atoms with Crippen LogP contribution in [-0.2, 0) is 4.79 Å². The van der Waals surface area contributed by atoms with E-state index in [0.29, 0.717) is 13.0 Å². The van der Waals surface area contributed by atoms with Crippen LogP contribution >= 0.6 is 0 Å². The molecule has 6 heteroatoms. The van der Waals surface area contributed by atoms with E-state index in [1.54, 1.807) is 20.8 Å². The summed E-state index contributed by atoms with van der Waals surface area (Å²) in [6.07, 6.45) is 14.5. The van der Waals surface area contributed by atoms with Crippen LogP contribution in [0.1, 0.15) is 112 Å². The molecule has 1 unspecified atom stereocenters. The minimum Gasteiger partial charge on any atom is -0.677 e. The normalized spacial score (nSPS) is 12.7. The molecule has 168 valence electrons. The molecule has 6 nitrogen and oxygen atoms in total. The Bertz CT molecular complexity index is 310. The van der Waals surface area contributed by atoms with Crippen LogP contribution < -0.4 is 17.4 Å². The minimum absolute atomic E-state index is 0. The molecule has 0 aromatic rings. The molecular weight excluding hydrogens is 342 g/mol. The molecule has 0 aromatic carbocycles. The van der Waals surface area contributed by atoms with Gasteiger partial charge in [0.05, 0.1) is 5.97 Å². The van der Waals surface area contributed by atoms with Crippen molar-refractivity contribution in [3.8, 4) is 0 Å². The van der Waals surface area contributed by atoms with E-state index >= 15 is 0 Å². The van der Waals surface area contributed by atoms with Crippen molar-refractivity contribution in [2.24, 2.45) is 5.41 Å². The van der Waals surface area contributed by atoms with Gasteiger partial charge in [0.15, 0.2) is 0 Å². The first kappa shape index (κ1) is 33.9. The molecule has 0 amide bonds. The number of carbonyl (C=O) groups excluding carboxylic acids is 1. The summed E-state index contributed by atoms with van der Waals surface area (Å²) < 4.78 is 0. The molecule has 0 heterocycles. The number of rotatable bonds is 13. The molecule has 10 N–H and O–H groups in total. The number of aliphatic hydroxyl groups is 1. The highest BCUT2D eigenvalue weighted by atomic mass is 16.4. The topological polar surface area (TPSA) is 157 Å². The summed E-state index contributed by atoms with van der Waals surface area (Å²) in [7, 11) is 0. The fourth-order valence-corrected chi connectivity index (χ4v) is 2.76. The van der Waals surface area contributed by atoms with Crippen molar-refractivity contribution in [3.05, 3.63) is 5.73 Å². The van der Waals surface area contributed by atoms with E-state index < -0.39 is 17.0 Å². The molecule has 0 rings (SSSR count). The van der Waals surface area contributed by atoms with Crippen molar-refractivity contribution in [3.63, 3.8) is 0 Å². The highest BCUT2D eigenvalue weighted by Gasteiger charge is 2.40. The molecule has 0 bridgehead atoms. The van der Waals surface area contributed by atoms with Crippen LogP contribution in [-0.4, -0.2) is 23.2 Å². The van der Waals surface area contributed by atoms with Crippen LogP contribution in [0.4, 0.5) is 0 Å². The molecule has 0 radical (unpaired) electrons. The largest absolute Gasteiger partial charge is 0.677 e. The molecule has 0 saturated carbocycles. The third-order valence-electron chi connectivity index (χ3n) is 4.72. The monoisotopic (exact) mass is 393 g/mol. The van der Waals surface area contributed by atoms with Crippen LogP contribution in [0.3, 0.4) is 0 Å². The number of hydrogen-bond acceptors (Lipinski definition) is 3. The van der Waals surface area contributed by atoms with Crippen molar-refractivity contribution in [1.29, 1.82) is 0 Å². The molecule has 0 spiro atoms. The number of nitrogens with one attached hydrogen (secondary N) is 1. The Morgan fingerprint density at radius 2 is 1.19 bits per heavy atom. The van der Waals surface area contributed by atoms with Crippen LogP contribution in [0.5, 0.6) is 0 Å². The van der Waals surface area contributed by atoms with E-state index in [9.17, 15) is 15.0 Å². The lowest BCUT2D eigenvalue weighted by Gasteiger charge is -2.41. The zero-order chi connectivity index (χ0) is 19.8. The van der Waals surface area contributed by atoms with Gasteiger partial charge in [0.25, 0.3) is 0 Å². The van der Waals surface area contributed by atoms with Gasteiger partial charge < -0.3 is 33.0 Å². The Morgan fingerprint density at radius 1 is 0.815 bits per heavy atom. The first-order valence-corrected chi connectivity index (χ1v) is 10.3. The van der Waals surface area contributed by atoms with Crippen molar-refractivity contribution in [1.82, 2.24) is 12.3 Å². The van der Waals surface area contributed by atoms with E-state index in [0.717, 1.165) is 6.42 Å². The van der Waals surface area contributed by atoms with Crippen LogP contribution in [0.25, 0.3) is 5.73 Å². The van der Waals surface area contributed by atoms with Crippen LogP contribution in [0.15, 0.2) is 0 Å². The van der Waals surface area contributed by atoms with Gasteiger partial charge in [-0.3, -0.25) is 0 Å².